The van der Waals surface area contributed by atoms with Crippen molar-refractivity contribution < 1.29 is 9.90 Å². The van der Waals surface area contributed by atoms with Crippen molar-refractivity contribution in [1.82, 2.24) is 0 Å². The molecule has 3 rings (SSSR count). The van der Waals surface area contributed by atoms with Crippen LogP contribution in [0.5, 0.6) is 0 Å². The number of aryl methyl sites for hydroxylation is 2. The molecule has 3 aromatic rings. The van der Waals surface area contributed by atoms with Crippen LogP contribution in [0.15, 0.2) is 41.8 Å². The monoisotopic (exact) mass is 328 g/mol. The van der Waals surface area contributed by atoms with Gasteiger partial charge in [-0.15, -0.1) is 22.7 Å². The van der Waals surface area contributed by atoms with Crippen molar-refractivity contribution in [1.29, 1.82) is 0 Å². The molecule has 0 aliphatic carbocycles. The van der Waals surface area contributed by atoms with Gasteiger partial charge in [0.25, 0.3) is 0 Å². The standard InChI is InChI=1S/C18H16O2S2/c1-3-12-10-13(9-11(2)17(12)18(19)20)14-6-7-16(22-14)15-5-4-8-21-15/h4-10H,3H2,1-2H3,(H,19,20). The second-order valence-electron chi connectivity index (χ2n) is 5.13. The average molecular weight is 328 g/mol. The molecule has 1 aromatic carbocycles. The van der Waals surface area contributed by atoms with Gasteiger partial charge in [-0.2, -0.15) is 0 Å². The molecule has 0 unspecified atom stereocenters. The van der Waals surface area contributed by atoms with Crippen molar-refractivity contribution >= 4 is 28.6 Å². The molecule has 2 heterocycles. The van der Waals surface area contributed by atoms with Gasteiger partial charge in [0.2, 0.25) is 0 Å². The smallest absolute Gasteiger partial charge is 0.336 e. The molecular weight excluding hydrogens is 312 g/mol. The van der Waals surface area contributed by atoms with Gasteiger partial charge in [0.15, 0.2) is 0 Å². The molecule has 0 aliphatic heterocycles. The van der Waals surface area contributed by atoms with E-state index in [0.29, 0.717) is 5.56 Å². The molecule has 1 N–H and O–H groups in total. The molecule has 2 nitrogen and oxygen atoms in total. The van der Waals surface area contributed by atoms with Gasteiger partial charge in [0.1, 0.15) is 0 Å². The summed E-state index contributed by atoms with van der Waals surface area (Å²) in [7, 11) is 0. The second-order valence-corrected chi connectivity index (χ2v) is 7.16. The Hall–Kier alpha value is -1.91. The van der Waals surface area contributed by atoms with Gasteiger partial charge in [-0.3, -0.25) is 0 Å². The van der Waals surface area contributed by atoms with Gasteiger partial charge >= 0.3 is 5.97 Å². The third-order valence-electron chi connectivity index (χ3n) is 3.67. The lowest BCUT2D eigenvalue weighted by Gasteiger charge is -2.10. The highest BCUT2D eigenvalue weighted by atomic mass is 32.1. The van der Waals surface area contributed by atoms with Crippen LogP contribution < -0.4 is 0 Å². The van der Waals surface area contributed by atoms with Gasteiger partial charge in [0, 0.05) is 14.6 Å². The fraction of sp³-hybridized carbons (Fsp3) is 0.167. The van der Waals surface area contributed by atoms with Crippen LogP contribution in [-0.2, 0) is 6.42 Å². The number of hydrogen-bond donors (Lipinski definition) is 1. The van der Waals surface area contributed by atoms with E-state index in [1.54, 1.807) is 22.7 Å². The lowest BCUT2D eigenvalue weighted by molar-refractivity contribution is 0.0695. The van der Waals surface area contributed by atoms with E-state index in [9.17, 15) is 9.90 Å². The highest BCUT2D eigenvalue weighted by Crippen LogP contribution is 2.37. The Kier molecular flexibility index (Phi) is 4.14. The van der Waals surface area contributed by atoms with E-state index in [-0.39, 0.29) is 0 Å². The Morgan fingerprint density at radius 1 is 1.14 bits per heavy atom. The van der Waals surface area contributed by atoms with Crippen LogP contribution in [0, 0.1) is 6.92 Å². The third kappa shape index (κ3) is 2.72. The molecule has 112 valence electrons. The minimum Gasteiger partial charge on any atom is -0.478 e. The minimum atomic E-state index is -0.841. The molecule has 2 aromatic heterocycles. The lowest BCUT2D eigenvalue weighted by Crippen LogP contribution is -2.05. The van der Waals surface area contributed by atoms with E-state index in [1.807, 2.05) is 26.0 Å². The van der Waals surface area contributed by atoms with Crippen LogP contribution in [0.3, 0.4) is 0 Å². The molecule has 0 fully saturated rings. The quantitative estimate of drug-likeness (QED) is 0.666. The number of aromatic carboxylic acids is 1. The van der Waals surface area contributed by atoms with Crippen molar-refractivity contribution in [3.63, 3.8) is 0 Å². The molecule has 0 spiro atoms. The number of carboxylic acids is 1. The first kappa shape index (κ1) is 15.0. The molecule has 0 saturated heterocycles. The van der Waals surface area contributed by atoms with E-state index in [4.69, 9.17) is 0 Å². The first-order valence-corrected chi connectivity index (χ1v) is 8.80. The summed E-state index contributed by atoms with van der Waals surface area (Å²) in [6, 6.07) is 12.4. The molecule has 0 atom stereocenters. The van der Waals surface area contributed by atoms with Crippen molar-refractivity contribution in [2.45, 2.75) is 20.3 Å². The van der Waals surface area contributed by atoms with E-state index in [2.05, 4.69) is 29.6 Å². The molecule has 4 heteroatoms. The number of hydrogen-bond acceptors (Lipinski definition) is 3. The molecule has 0 bridgehead atoms. The third-order valence-corrected chi connectivity index (χ3v) is 5.87. The summed E-state index contributed by atoms with van der Waals surface area (Å²) in [4.78, 5) is 15.1. The largest absolute Gasteiger partial charge is 0.478 e. The normalized spacial score (nSPS) is 10.8. The van der Waals surface area contributed by atoms with Gasteiger partial charge in [0.05, 0.1) is 5.56 Å². The lowest BCUT2D eigenvalue weighted by atomic mass is 9.96. The fourth-order valence-corrected chi connectivity index (χ4v) is 4.46. The number of rotatable bonds is 4. The predicted octanol–water partition coefficient (Wildman–Crippen LogP) is 5.71. The maximum Gasteiger partial charge on any atom is 0.336 e. The minimum absolute atomic E-state index is 0.446. The van der Waals surface area contributed by atoms with E-state index in [1.165, 1.54) is 14.6 Å². The maximum atomic E-state index is 11.4. The highest BCUT2D eigenvalue weighted by molar-refractivity contribution is 7.23. The summed E-state index contributed by atoms with van der Waals surface area (Å²) < 4.78 is 0. The molecule has 22 heavy (non-hydrogen) atoms. The van der Waals surface area contributed by atoms with Crippen molar-refractivity contribution in [3.05, 3.63) is 58.5 Å². The molecule has 0 radical (unpaired) electrons. The fourth-order valence-electron chi connectivity index (χ4n) is 2.63. The first-order chi connectivity index (χ1) is 10.6. The van der Waals surface area contributed by atoms with Crippen LogP contribution in [0.1, 0.15) is 28.4 Å². The molecule has 0 amide bonds. The van der Waals surface area contributed by atoms with Crippen LogP contribution in [0.4, 0.5) is 0 Å². The summed E-state index contributed by atoms with van der Waals surface area (Å²) in [6.07, 6.45) is 0.722. The molecular formula is C18H16O2S2. The zero-order chi connectivity index (χ0) is 15.7. The number of benzene rings is 1. The second kappa shape index (κ2) is 6.07. The van der Waals surface area contributed by atoms with Crippen molar-refractivity contribution in [2.24, 2.45) is 0 Å². The summed E-state index contributed by atoms with van der Waals surface area (Å²) >= 11 is 3.48. The van der Waals surface area contributed by atoms with E-state index >= 15 is 0 Å². The van der Waals surface area contributed by atoms with Crippen LogP contribution in [0.2, 0.25) is 0 Å². The van der Waals surface area contributed by atoms with Crippen molar-refractivity contribution in [3.8, 4) is 20.2 Å². The van der Waals surface area contributed by atoms with Crippen LogP contribution >= 0.6 is 22.7 Å². The Bertz CT molecular complexity index is 814. The Balaban J connectivity index is 2.06. The van der Waals surface area contributed by atoms with Gasteiger partial charge in [-0.05, 0) is 65.7 Å². The van der Waals surface area contributed by atoms with Gasteiger partial charge < -0.3 is 5.11 Å². The molecule has 0 saturated carbocycles. The van der Waals surface area contributed by atoms with Crippen molar-refractivity contribution in [2.75, 3.05) is 0 Å². The van der Waals surface area contributed by atoms with Crippen LogP contribution in [-0.4, -0.2) is 11.1 Å². The zero-order valence-corrected chi connectivity index (χ0v) is 14.1. The summed E-state index contributed by atoms with van der Waals surface area (Å²) in [6.45, 7) is 3.87. The van der Waals surface area contributed by atoms with Crippen LogP contribution in [0.25, 0.3) is 20.2 Å². The first-order valence-electron chi connectivity index (χ1n) is 7.11. The van der Waals surface area contributed by atoms with E-state index < -0.39 is 5.97 Å². The van der Waals surface area contributed by atoms with E-state index in [0.717, 1.165) is 23.1 Å². The zero-order valence-electron chi connectivity index (χ0n) is 12.4. The Morgan fingerprint density at radius 3 is 2.55 bits per heavy atom. The average Bonchev–Trinajstić information content (AvgIpc) is 3.16. The van der Waals surface area contributed by atoms with Gasteiger partial charge in [-0.25, -0.2) is 4.79 Å². The molecule has 0 aliphatic rings. The number of carboxylic acid groups (broad SMARTS) is 1. The number of carbonyl (C=O) groups is 1. The SMILES string of the molecule is CCc1cc(-c2ccc(-c3cccs3)s2)cc(C)c1C(=O)O. The number of thiophene rings is 2. The summed E-state index contributed by atoms with van der Waals surface area (Å²) in [5.41, 5.74) is 3.27. The summed E-state index contributed by atoms with van der Waals surface area (Å²) in [5.74, 6) is -0.841. The van der Waals surface area contributed by atoms with Gasteiger partial charge in [-0.1, -0.05) is 13.0 Å². The predicted molar refractivity (Wildman–Crippen MR) is 94.1 cm³/mol. The topological polar surface area (TPSA) is 37.3 Å². The highest BCUT2D eigenvalue weighted by Gasteiger charge is 2.15. The summed E-state index contributed by atoms with van der Waals surface area (Å²) in [5, 5.41) is 11.5. The Labute approximate surface area is 137 Å². The maximum absolute atomic E-state index is 11.4. The Morgan fingerprint density at radius 2 is 1.91 bits per heavy atom.